The number of methoxy groups -OCH3 is 1. The van der Waals surface area contributed by atoms with Crippen molar-refractivity contribution >= 4 is 17.1 Å². The molecule has 0 fully saturated rings. The van der Waals surface area contributed by atoms with Crippen LogP contribution >= 0.6 is 11.3 Å². The molecule has 0 radical (unpaired) electrons. The first kappa shape index (κ1) is 9.82. The minimum atomic E-state index is 0.0289. The highest BCUT2D eigenvalue weighted by Gasteiger charge is 2.11. The highest BCUT2D eigenvalue weighted by Crippen LogP contribution is 2.25. The maximum Gasteiger partial charge on any atom is 0.188 e. The molecule has 0 bridgehead atoms. The Morgan fingerprint density at radius 1 is 1.69 bits per heavy atom. The van der Waals surface area contributed by atoms with E-state index < -0.39 is 0 Å². The minimum absolute atomic E-state index is 0.0289. The second-order valence-electron chi connectivity index (χ2n) is 2.34. The molecule has 0 saturated heterocycles. The van der Waals surface area contributed by atoms with E-state index in [1.807, 2.05) is 5.38 Å². The second-order valence-corrected chi connectivity index (χ2v) is 3.26. The van der Waals surface area contributed by atoms with Crippen molar-refractivity contribution in [3.05, 3.63) is 16.3 Å². The van der Waals surface area contributed by atoms with Gasteiger partial charge in [0.05, 0.1) is 13.5 Å². The molecular formula is C10H10O2S. The monoisotopic (exact) mass is 194 g/mol. The Balaban J connectivity index is 2.79. The number of Topliss-reactive ketones (excluding diaryl/α,β-unsaturated/α-hetero) is 1. The van der Waals surface area contributed by atoms with Gasteiger partial charge in [0.25, 0.3) is 0 Å². The molecule has 0 aliphatic carbocycles. The van der Waals surface area contributed by atoms with Gasteiger partial charge in [0.15, 0.2) is 5.78 Å². The van der Waals surface area contributed by atoms with E-state index in [0.29, 0.717) is 10.6 Å². The first-order valence-corrected chi connectivity index (χ1v) is 4.72. The average Bonchev–Trinajstić information content (AvgIpc) is 2.61. The largest absolute Gasteiger partial charge is 0.495 e. The highest BCUT2D eigenvalue weighted by molar-refractivity contribution is 7.12. The van der Waals surface area contributed by atoms with Gasteiger partial charge in [-0.15, -0.1) is 17.3 Å². The summed E-state index contributed by atoms with van der Waals surface area (Å²) in [5, 5.41) is 1.84. The molecule has 1 aromatic rings. The Morgan fingerprint density at radius 3 is 3.08 bits per heavy atom. The second kappa shape index (κ2) is 4.68. The van der Waals surface area contributed by atoms with Crippen LogP contribution in [0.15, 0.2) is 11.4 Å². The fourth-order valence-electron chi connectivity index (χ4n) is 0.910. The number of thiophene rings is 1. The van der Waals surface area contributed by atoms with E-state index in [1.54, 1.807) is 20.1 Å². The molecule has 0 spiro atoms. The maximum atomic E-state index is 11.5. The van der Waals surface area contributed by atoms with Crippen LogP contribution in [0.3, 0.4) is 0 Å². The van der Waals surface area contributed by atoms with Gasteiger partial charge in [0.2, 0.25) is 0 Å². The van der Waals surface area contributed by atoms with Gasteiger partial charge in [-0.05, 0) is 18.4 Å². The van der Waals surface area contributed by atoms with E-state index >= 15 is 0 Å². The Kier molecular flexibility index (Phi) is 3.53. The molecule has 0 unspecified atom stereocenters. The normalized spacial score (nSPS) is 8.77. The van der Waals surface area contributed by atoms with Crippen molar-refractivity contribution in [2.75, 3.05) is 7.11 Å². The molecule has 68 valence electrons. The van der Waals surface area contributed by atoms with E-state index in [2.05, 4.69) is 11.8 Å². The zero-order valence-corrected chi connectivity index (χ0v) is 8.40. The summed E-state index contributed by atoms with van der Waals surface area (Å²) in [6, 6.07) is 1.79. The summed E-state index contributed by atoms with van der Waals surface area (Å²) < 4.78 is 5.03. The molecular weight excluding hydrogens is 184 g/mol. The summed E-state index contributed by atoms with van der Waals surface area (Å²) in [5.41, 5.74) is 0. The number of ether oxygens (including phenoxy) is 1. The topological polar surface area (TPSA) is 26.3 Å². The summed E-state index contributed by atoms with van der Waals surface area (Å²) in [6.45, 7) is 1.72. The summed E-state index contributed by atoms with van der Waals surface area (Å²) in [5.74, 6) is 6.11. The van der Waals surface area contributed by atoms with Crippen molar-refractivity contribution in [3.8, 4) is 17.6 Å². The molecule has 3 heteroatoms. The lowest BCUT2D eigenvalue weighted by Crippen LogP contribution is -1.96. The van der Waals surface area contributed by atoms with Crippen molar-refractivity contribution in [3.63, 3.8) is 0 Å². The third-order valence-corrected chi connectivity index (χ3v) is 2.46. The average molecular weight is 194 g/mol. The predicted octanol–water partition coefficient (Wildman–Crippen LogP) is 2.35. The Bertz CT molecular complexity index is 354. The van der Waals surface area contributed by atoms with Crippen molar-refractivity contribution in [2.45, 2.75) is 13.3 Å². The van der Waals surface area contributed by atoms with Crippen LogP contribution in [0.4, 0.5) is 0 Å². The van der Waals surface area contributed by atoms with Crippen molar-refractivity contribution in [2.24, 2.45) is 0 Å². The molecule has 1 heterocycles. The number of hydrogen-bond donors (Lipinski definition) is 0. The van der Waals surface area contributed by atoms with Gasteiger partial charge in [-0.1, -0.05) is 5.92 Å². The third-order valence-electron chi connectivity index (χ3n) is 1.53. The van der Waals surface area contributed by atoms with Crippen LogP contribution in [0.5, 0.6) is 5.75 Å². The van der Waals surface area contributed by atoms with Crippen LogP contribution in [0.2, 0.25) is 0 Å². The number of hydrogen-bond acceptors (Lipinski definition) is 3. The lowest BCUT2D eigenvalue weighted by molar-refractivity contribution is 0.0999. The fraction of sp³-hybridized carbons (Fsp3) is 0.300. The van der Waals surface area contributed by atoms with Crippen molar-refractivity contribution in [1.82, 2.24) is 0 Å². The van der Waals surface area contributed by atoms with Gasteiger partial charge in [-0.3, -0.25) is 4.79 Å². The molecule has 0 aromatic carbocycles. The van der Waals surface area contributed by atoms with Crippen LogP contribution in [0.1, 0.15) is 23.0 Å². The minimum Gasteiger partial charge on any atom is -0.495 e. The first-order chi connectivity index (χ1) is 6.29. The molecule has 0 N–H and O–H groups in total. The van der Waals surface area contributed by atoms with Crippen LogP contribution in [-0.2, 0) is 0 Å². The highest BCUT2D eigenvalue weighted by atomic mass is 32.1. The van der Waals surface area contributed by atoms with E-state index in [1.165, 1.54) is 11.3 Å². The van der Waals surface area contributed by atoms with Crippen molar-refractivity contribution in [1.29, 1.82) is 0 Å². The number of rotatable bonds is 3. The van der Waals surface area contributed by atoms with Crippen LogP contribution in [0, 0.1) is 11.8 Å². The van der Waals surface area contributed by atoms with E-state index in [-0.39, 0.29) is 12.2 Å². The fourth-order valence-corrected chi connectivity index (χ4v) is 1.71. The van der Waals surface area contributed by atoms with Gasteiger partial charge >= 0.3 is 0 Å². The quantitative estimate of drug-likeness (QED) is 0.545. The van der Waals surface area contributed by atoms with Crippen LogP contribution in [-0.4, -0.2) is 12.9 Å². The SMILES string of the molecule is CC#CCC(=O)c1sccc1OC. The lowest BCUT2D eigenvalue weighted by Gasteiger charge is -1.97. The molecule has 0 aliphatic heterocycles. The van der Waals surface area contributed by atoms with E-state index in [9.17, 15) is 4.79 Å². The molecule has 1 aromatic heterocycles. The Labute approximate surface area is 81.5 Å². The van der Waals surface area contributed by atoms with Gasteiger partial charge in [-0.25, -0.2) is 0 Å². The third kappa shape index (κ3) is 2.33. The van der Waals surface area contributed by atoms with Gasteiger partial charge in [0, 0.05) is 0 Å². The molecule has 13 heavy (non-hydrogen) atoms. The molecule has 0 aliphatic rings. The van der Waals surface area contributed by atoms with Crippen LogP contribution in [0.25, 0.3) is 0 Å². The zero-order valence-electron chi connectivity index (χ0n) is 7.59. The number of carbonyl (C=O) groups is 1. The van der Waals surface area contributed by atoms with Crippen LogP contribution < -0.4 is 4.74 Å². The zero-order chi connectivity index (χ0) is 9.68. The molecule has 1 rings (SSSR count). The van der Waals surface area contributed by atoms with Crippen molar-refractivity contribution < 1.29 is 9.53 Å². The van der Waals surface area contributed by atoms with Gasteiger partial charge in [-0.2, -0.15) is 0 Å². The van der Waals surface area contributed by atoms with Gasteiger partial charge < -0.3 is 4.74 Å². The number of carbonyl (C=O) groups excluding carboxylic acids is 1. The summed E-state index contributed by atoms with van der Waals surface area (Å²) in [7, 11) is 1.56. The van der Waals surface area contributed by atoms with E-state index in [0.717, 1.165) is 0 Å². The lowest BCUT2D eigenvalue weighted by atomic mass is 10.2. The number of ketones is 1. The van der Waals surface area contributed by atoms with E-state index in [4.69, 9.17) is 4.74 Å². The smallest absolute Gasteiger partial charge is 0.188 e. The molecule has 0 atom stereocenters. The Hall–Kier alpha value is -1.27. The first-order valence-electron chi connectivity index (χ1n) is 3.84. The summed E-state index contributed by atoms with van der Waals surface area (Å²) in [4.78, 5) is 12.1. The standard InChI is InChI=1S/C10H10O2S/c1-3-4-5-8(11)10-9(12-2)6-7-13-10/h6-7H,5H2,1-2H3. The molecule has 0 saturated carbocycles. The predicted molar refractivity (Wildman–Crippen MR) is 53.3 cm³/mol. The summed E-state index contributed by atoms with van der Waals surface area (Å²) >= 11 is 1.39. The Morgan fingerprint density at radius 2 is 2.46 bits per heavy atom. The van der Waals surface area contributed by atoms with Gasteiger partial charge in [0.1, 0.15) is 10.6 Å². The molecule has 2 nitrogen and oxygen atoms in total. The maximum absolute atomic E-state index is 11.5. The molecule has 0 amide bonds. The summed E-state index contributed by atoms with van der Waals surface area (Å²) in [6.07, 6.45) is 0.271.